The Morgan fingerprint density at radius 1 is 1.00 bits per heavy atom. The van der Waals surface area contributed by atoms with Crippen LogP contribution in [0.3, 0.4) is 0 Å². The Morgan fingerprint density at radius 3 is 2.30 bits per heavy atom. The number of hydrogen-bond donors (Lipinski definition) is 0. The molecular formula is C18H34BrN. The zero-order valence-electron chi connectivity index (χ0n) is 13.7. The first-order valence-corrected chi connectivity index (χ1v) is 10.1. The number of rotatable bonds is 4. The summed E-state index contributed by atoms with van der Waals surface area (Å²) in [7, 11) is 0. The molecule has 2 rings (SSSR count). The van der Waals surface area contributed by atoms with E-state index in [1.165, 1.54) is 82.8 Å². The Balaban J connectivity index is 1.90. The first kappa shape index (κ1) is 16.8. The molecule has 0 bridgehead atoms. The lowest BCUT2D eigenvalue weighted by molar-refractivity contribution is 0.152. The summed E-state index contributed by atoms with van der Waals surface area (Å²) in [5.74, 6) is 1.84. The first-order chi connectivity index (χ1) is 9.65. The predicted molar refractivity (Wildman–Crippen MR) is 92.5 cm³/mol. The average Bonchev–Trinajstić information content (AvgIpc) is 2.80. The van der Waals surface area contributed by atoms with E-state index in [4.69, 9.17) is 0 Å². The molecule has 20 heavy (non-hydrogen) atoms. The van der Waals surface area contributed by atoms with Gasteiger partial charge >= 0.3 is 0 Å². The largest absolute Gasteiger partial charge is 0.303 e. The molecule has 0 aromatic heterocycles. The van der Waals surface area contributed by atoms with Crippen LogP contribution in [0.25, 0.3) is 0 Å². The van der Waals surface area contributed by atoms with Gasteiger partial charge in [0, 0.05) is 11.9 Å². The van der Waals surface area contributed by atoms with Crippen molar-refractivity contribution < 1.29 is 0 Å². The van der Waals surface area contributed by atoms with Crippen LogP contribution in [0.2, 0.25) is 0 Å². The lowest BCUT2D eigenvalue weighted by atomic mass is 9.82. The van der Waals surface area contributed by atoms with Gasteiger partial charge in [0.1, 0.15) is 0 Å². The molecule has 0 aromatic rings. The van der Waals surface area contributed by atoms with Crippen molar-refractivity contribution in [2.45, 2.75) is 71.6 Å². The minimum atomic E-state index is 0.578. The molecular weight excluding hydrogens is 310 g/mol. The maximum Gasteiger partial charge on any atom is 0.0100 e. The van der Waals surface area contributed by atoms with Gasteiger partial charge in [0.2, 0.25) is 0 Å². The minimum Gasteiger partial charge on any atom is -0.303 e. The smallest absolute Gasteiger partial charge is 0.0100 e. The summed E-state index contributed by atoms with van der Waals surface area (Å²) in [5, 5.41) is 1.21. The van der Waals surface area contributed by atoms with Crippen LogP contribution >= 0.6 is 15.9 Å². The zero-order valence-corrected chi connectivity index (χ0v) is 15.3. The standard InChI is InChI=1S/C18H34BrN/c1-16(2)17-8-7-12-20(13-9-17)15-18(14-19)10-5-3-4-6-11-18/h16-17H,3-15H2,1-2H3. The van der Waals surface area contributed by atoms with Crippen molar-refractivity contribution in [2.24, 2.45) is 17.3 Å². The van der Waals surface area contributed by atoms with Crippen LogP contribution in [0, 0.1) is 17.3 Å². The van der Waals surface area contributed by atoms with Gasteiger partial charge < -0.3 is 4.90 Å². The molecule has 0 aromatic carbocycles. The molecule has 1 atom stereocenters. The van der Waals surface area contributed by atoms with Gasteiger partial charge in [0.15, 0.2) is 0 Å². The van der Waals surface area contributed by atoms with Gasteiger partial charge in [-0.1, -0.05) is 55.5 Å². The van der Waals surface area contributed by atoms with Crippen molar-refractivity contribution in [3.8, 4) is 0 Å². The highest BCUT2D eigenvalue weighted by molar-refractivity contribution is 9.09. The summed E-state index contributed by atoms with van der Waals surface area (Å²) in [5.41, 5.74) is 0.578. The van der Waals surface area contributed by atoms with E-state index in [1.807, 2.05) is 0 Å². The predicted octanol–water partition coefficient (Wildman–Crippen LogP) is 5.48. The van der Waals surface area contributed by atoms with Gasteiger partial charge in [-0.15, -0.1) is 0 Å². The van der Waals surface area contributed by atoms with E-state index in [9.17, 15) is 0 Å². The van der Waals surface area contributed by atoms with Crippen LogP contribution in [0.4, 0.5) is 0 Å². The van der Waals surface area contributed by atoms with Crippen LogP contribution < -0.4 is 0 Å². The topological polar surface area (TPSA) is 3.24 Å². The quantitative estimate of drug-likeness (QED) is 0.482. The molecule has 1 saturated carbocycles. The van der Waals surface area contributed by atoms with E-state index in [0.717, 1.165) is 11.8 Å². The Labute approximate surface area is 135 Å². The fraction of sp³-hybridized carbons (Fsp3) is 1.00. The third-order valence-electron chi connectivity index (χ3n) is 5.81. The third kappa shape index (κ3) is 4.73. The van der Waals surface area contributed by atoms with Crippen molar-refractivity contribution >= 4 is 15.9 Å². The Kier molecular flexibility index (Phi) is 6.87. The average molecular weight is 344 g/mol. The van der Waals surface area contributed by atoms with E-state index in [-0.39, 0.29) is 0 Å². The second-order valence-electron chi connectivity index (χ2n) is 7.76. The summed E-state index contributed by atoms with van der Waals surface area (Å²) in [6.45, 7) is 8.86. The summed E-state index contributed by atoms with van der Waals surface area (Å²) >= 11 is 3.86. The molecule has 1 heterocycles. The number of nitrogens with zero attached hydrogens (tertiary/aromatic N) is 1. The minimum absolute atomic E-state index is 0.578. The van der Waals surface area contributed by atoms with Crippen molar-refractivity contribution in [2.75, 3.05) is 25.0 Å². The molecule has 1 nitrogen and oxygen atoms in total. The van der Waals surface area contributed by atoms with Crippen LogP contribution in [-0.2, 0) is 0 Å². The molecule has 2 aliphatic rings. The zero-order chi connectivity index (χ0) is 14.4. The Morgan fingerprint density at radius 2 is 1.70 bits per heavy atom. The SMILES string of the molecule is CC(C)C1CCCN(CC2(CBr)CCCCCC2)CC1. The third-order valence-corrected chi connectivity index (χ3v) is 7.00. The van der Waals surface area contributed by atoms with Gasteiger partial charge in [-0.05, 0) is 62.4 Å². The van der Waals surface area contributed by atoms with Gasteiger partial charge in [-0.2, -0.15) is 0 Å². The number of likely N-dealkylation sites (tertiary alicyclic amines) is 1. The summed E-state index contributed by atoms with van der Waals surface area (Å²) in [6.07, 6.45) is 13.0. The lowest BCUT2D eigenvalue weighted by Crippen LogP contribution is -2.39. The molecule has 118 valence electrons. The van der Waals surface area contributed by atoms with Gasteiger partial charge in [0.25, 0.3) is 0 Å². The van der Waals surface area contributed by atoms with E-state index in [1.54, 1.807) is 0 Å². The molecule has 1 unspecified atom stereocenters. The molecule has 2 heteroatoms. The van der Waals surface area contributed by atoms with Crippen LogP contribution in [-0.4, -0.2) is 29.9 Å². The summed E-state index contributed by atoms with van der Waals surface area (Å²) in [6, 6.07) is 0. The highest BCUT2D eigenvalue weighted by atomic mass is 79.9. The van der Waals surface area contributed by atoms with Gasteiger partial charge in [-0.25, -0.2) is 0 Å². The normalized spacial score (nSPS) is 29.1. The fourth-order valence-electron chi connectivity index (χ4n) is 4.29. The molecule has 1 saturated heterocycles. The maximum absolute atomic E-state index is 3.86. The second kappa shape index (κ2) is 8.17. The Bertz CT molecular complexity index is 269. The number of halogens is 1. The van der Waals surface area contributed by atoms with Crippen molar-refractivity contribution in [3.05, 3.63) is 0 Å². The van der Waals surface area contributed by atoms with E-state index >= 15 is 0 Å². The van der Waals surface area contributed by atoms with E-state index < -0.39 is 0 Å². The van der Waals surface area contributed by atoms with Crippen molar-refractivity contribution in [1.82, 2.24) is 4.90 Å². The lowest BCUT2D eigenvalue weighted by Gasteiger charge is -2.36. The molecule has 2 fully saturated rings. The van der Waals surface area contributed by atoms with Crippen molar-refractivity contribution in [1.29, 1.82) is 0 Å². The highest BCUT2D eigenvalue weighted by Gasteiger charge is 2.32. The molecule has 0 spiro atoms. The summed E-state index contributed by atoms with van der Waals surface area (Å²) < 4.78 is 0. The van der Waals surface area contributed by atoms with Crippen molar-refractivity contribution in [3.63, 3.8) is 0 Å². The van der Waals surface area contributed by atoms with Gasteiger partial charge in [0.05, 0.1) is 0 Å². The fourth-order valence-corrected chi connectivity index (χ4v) is 5.03. The number of alkyl halides is 1. The second-order valence-corrected chi connectivity index (χ2v) is 8.32. The Hall–Kier alpha value is 0.440. The molecule has 0 N–H and O–H groups in total. The highest BCUT2D eigenvalue weighted by Crippen LogP contribution is 2.38. The molecule has 1 aliphatic heterocycles. The first-order valence-electron chi connectivity index (χ1n) is 8.93. The summed E-state index contributed by atoms with van der Waals surface area (Å²) in [4.78, 5) is 2.80. The molecule has 0 radical (unpaired) electrons. The number of hydrogen-bond acceptors (Lipinski definition) is 1. The monoisotopic (exact) mass is 343 g/mol. The molecule has 1 aliphatic carbocycles. The van der Waals surface area contributed by atoms with Crippen LogP contribution in [0.15, 0.2) is 0 Å². The maximum atomic E-state index is 3.86. The van der Waals surface area contributed by atoms with Gasteiger partial charge in [-0.3, -0.25) is 0 Å². The van der Waals surface area contributed by atoms with Crippen LogP contribution in [0.5, 0.6) is 0 Å². The van der Waals surface area contributed by atoms with E-state index in [0.29, 0.717) is 5.41 Å². The van der Waals surface area contributed by atoms with E-state index in [2.05, 4.69) is 34.7 Å². The molecule has 0 amide bonds. The van der Waals surface area contributed by atoms with Crippen LogP contribution in [0.1, 0.15) is 71.6 Å².